The quantitative estimate of drug-likeness (QED) is 0.628. The van der Waals surface area contributed by atoms with Crippen LogP contribution in [0.3, 0.4) is 0 Å². The van der Waals surface area contributed by atoms with E-state index in [9.17, 15) is 10.1 Å². The number of hydrogen-bond acceptors (Lipinski definition) is 5. The van der Waals surface area contributed by atoms with Crippen molar-refractivity contribution in [1.29, 1.82) is 5.26 Å². The van der Waals surface area contributed by atoms with Crippen LogP contribution < -0.4 is 10.5 Å². The van der Waals surface area contributed by atoms with Gasteiger partial charge < -0.3 is 10.5 Å². The molecule has 0 bridgehead atoms. The summed E-state index contributed by atoms with van der Waals surface area (Å²) in [6, 6.07) is 7.85. The molecule has 1 aliphatic rings. The van der Waals surface area contributed by atoms with Crippen molar-refractivity contribution in [2.45, 2.75) is 18.9 Å². The van der Waals surface area contributed by atoms with Gasteiger partial charge in [-0.15, -0.1) is 0 Å². The number of benzene rings is 1. The van der Waals surface area contributed by atoms with Crippen molar-refractivity contribution in [3.63, 3.8) is 0 Å². The minimum absolute atomic E-state index is 0.0603. The van der Waals surface area contributed by atoms with Gasteiger partial charge in [0, 0.05) is 17.4 Å². The fourth-order valence-electron chi connectivity index (χ4n) is 2.06. The van der Waals surface area contributed by atoms with Crippen LogP contribution in [-0.2, 0) is 0 Å². The van der Waals surface area contributed by atoms with Gasteiger partial charge >= 0.3 is 0 Å². The van der Waals surface area contributed by atoms with Crippen LogP contribution in [0.15, 0.2) is 35.7 Å². The SMILES string of the molecule is CC(C1C(C#N)=C(N)Oc2ccccc21)[N+](=O)[O-]. The van der Waals surface area contributed by atoms with E-state index in [0.29, 0.717) is 11.3 Å². The maximum Gasteiger partial charge on any atom is 0.222 e. The maximum atomic E-state index is 11.0. The van der Waals surface area contributed by atoms with Crippen LogP contribution in [-0.4, -0.2) is 11.0 Å². The Kier molecular flexibility index (Phi) is 2.90. The molecule has 2 N–H and O–H groups in total. The molecule has 2 unspecified atom stereocenters. The molecule has 0 spiro atoms. The van der Waals surface area contributed by atoms with Crippen LogP contribution in [0.25, 0.3) is 0 Å². The Morgan fingerprint density at radius 1 is 1.56 bits per heavy atom. The fourth-order valence-corrected chi connectivity index (χ4v) is 2.06. The molecular formula is C12H11N3O3. The Labute approximate surface area is 103 Å². The maximum absolute atomic E-state index is 11.0. The number of nitro groups is 1. The van der Waals surface area contributed by atoms with Gasteiger partial charge in [0.05, 0.1) is 5.92 Å². The molecule has 0 fully saturated rings. The Bertz CT molecular complexity index is 574. The van der Waals surface area contributed by atoms with Crippen molar-refractivity contribution in [2.75, 3.05) is 0 Å². The number of nitriles is 1. The second-order valence-corrected chi connectivity index (χ2v) is 4.03. The van der Waals surface area contributed by atoms with Crippen molar-refractivity contribution < 1.29 is 9.66 Å². The predicted molar refractivity (Wildman–Crippen MR) is 63.1 cm³/mol. The fraction of sp³-hybridized carbons (Fsp3) is 0.250. The van der Waals surface area contributed by atoms with Crippen molar-refractivity contribution in [3.8, 4) is 11.8 Å². The van der Waals surface area contributed by atoms with Gasteiger partial charge in [-0.2, -0.15) is 5.26 Å². The molecule has 1 aromatic carbocycles. The van der Waals surface area contributed by atoms with E-state index >= 15 is 0 Å². The topological polar surface area (TPSA) is 102 Å². The lowest BCUT2D eigenvalue weighted by Gasteiger charge is -2.26. The zero-order chi connectivity index (χ0) is 13.3. The van der Waals surface area contributed by atoms with E-state index in [1.165, 1.54) is 6.92 Å². The van der Waals surface area contributed by atoms with E-state index in [4.69, 9.17) is 15.7 Å². The molecule has 0 amide bonds. The highest BCUT2D eigenvalue weighted by molar-refractivity contribution is 5.50. The molecule has 0 saturated heterocycles. The van der Waals surface area contributed by atoms with Gasteiger partial charge in [0.2, 0.25) is 11.9 Å². The van der Waals surface area contributed by atoms with Gasteiger partial charge in [-0.25, -0.2) is 0 Å². The highest BCUT2D eigenvalue weighted by atomic mass is 16.6. The normalized spacial score (nSPS) is 19.4. The van der Waals surface area contributed by atoms with Gasteiger partial charge in [-0.1, -0.05) is 18.2 Å². The lowest BCUT2D eigenvalue weighted by Crippen LogP contribution is -2.31. The molecule has 1 heterocycles. The van der Waals surface area contributed by atoms with Crippen molar-refractivity contribution in [1.82, 2.24) is 0 Å². The highest BCUT2D eigenvalue weighted by Crippen LogP contribution is 2.40. The number of para-hydroxylation sites is 1. The monoisotopic (exact) mass is 245 g/mol. The van der Waals surface area contributed by atoms with Crippen LogP contribution in [0.2, 0.25) is 0 Å². The molecule has 6 nitrogen and oxygen atoms in total. The Balaban J connectivity index is 2.59. The highest BCUT2D eigenvalue weighted by Gasteiger charge is 2.38. The number of nitrogens with zero attached hydrogens (tertiary/aromatic N) is 2. The predicted octanol–water partition coefficient (Wildman–Crippen LogP) is 1.52. The average Bonchev–Trinajstić information content (AvgIpc) is 2.36. The summed E-state index contributed by atoms with van der Waals surface area (Å²) in [5, 5.41) is 20.1. The summed E-state index contributed by atoms with van der Waals surface area (Å²) in [5.41, 5.74) is 6.37. The van der Waals surface area contributed by atoms with E-state index in [2.05, 4.69) is 0 Å². The number of ether oxygens (including phenoxy) is 1. The summed E-state index contributed by atoms with van der Waals surface area (Å²) in [7, 11) is 0. The number of nitrogens with two attached hydrogens (primary N) is 1. The van der Waals surface area contributed by atoms with Crippen LogP contribution in [0.1, 0.15) is 18.4 Å². The molecule has 2 rings (SSSR count). The summed E-state index contributed by atoms with van der Waals surface area (Å²) in [6.45, 7) is 1.46. The van der Waals surface area contributed by atoms with E-state index in [1.807, 2.05) is 6.07 Å². The average molecular weight is 245 g/mol. The van der Waals surface area contributed by atoms with E-state index in [0.717, 1.165) is 0 Å². The Hall–Kier alpha value is -2.55. The third kappa shape index (κ3) is 1.76. The molecule has 2 atom stereocenters. The summed E-state index contributed by atoms with van der Waals surface area (Å²) < 4.78 is 5.31. The van der Waals surface area contributed by atoms with Crippen molar-refractivity contribution in [3.05, 3.63) is 51.4 Å². The van der Waals surface area contributed by atoms with Gasteiger partial charge in [0.25, 0.3) is 0 Å². The third-order valence-corrected chi connectivity index (χ3v) is 2.99. The molecule has 0 saturated carbocycles. The Morgan fingerprint density at radius 3 is 2.83 bits per heavy atom. The lowest BCUT2D eigenvalue weighted by atomic mass is 9.84. The van der Waals surface area contributed by atoms with Crippen LogP contribution in [0, 0.1) is 21.4 Å². The van der Waals surface area contributed by atoms with Crippen LogP contribution in [0.4, 0.5) is 0 Å². The summed E-state index contributed by atoms with van der Waals surface area (Å²) in [6.07, 6.45) is 0. The third-order valence-electron chi connectivity index (χ3n) is 2.99. The summed E-state index contributed by atoms with van der Waals surface area (Å²) in [4.78, 5) is 10.5. The Morgan fingerprint density at radius 2 is 2.22 bits per heavy atom. The second-order valence-electron chi connectivity index (χ2n) is 4.03. The van der Waals surface area contributed by atoms with Crippen LogP contribution >= 0.6 is 0 Å². The number of rotatable bonds is 2. The zero-order valence-electron chi connectivity index (χ0n) is 9.66. The minimum atomic E-state index is -0.941. The molecule has 0 aromatic heterocycles. The van der Waals surface area contributed by atoms with Gasteiger partial charge in [0.1, 0.15) is 17.4 Å². The van der Waals surface area contributed by atoms with E-state index < -0.39 is 16.9 Å². The summed E-state index contributed by atoms with van der Waals surface area (Å²) >= 11 is 0. The smallest absolute Gasteiger partial charge is 0.222 e. The number of fused-ring (bicyclic) bond motifs is 1. The molecule has 18 heavy (non-hydrogen) atoms. The molecular weight excluding hydrogens is 234 g/mol. The molecule has 92 valence electrons. The van der Waals surface area contributed by atoms with E-state index in [1.54, 1.807) is 24.3 Å². The molecule has 0 aliphatic carbocycles. The largest absolute Gasteiger partial charge is 0.440 e. The van der Waals surface area contributed by atoms with Crippen molar-refractivity contribution in [2.24, 2.45) is 5.73 Å². The molecule has 1 aromatic rings. The standard InChI is InChI=1S/C12H11N3O3/c1-7(15(16)17)11-8-4-2-3-5-10(8)18-12(14)9(11)6-13/h2-5,7,11H,14H2,1H3. The molecule has 1 aliphatic heterocycles. The first kappa shape index (κ1) is 11.9. The van der Waals surface area contributed by atoms with Crippen LogP contribution in [0.5, 0.6) is 5.75 Å². The minimum Gasteiger partial charge on any atom is -0.440 e. The van der Waals surface area contributed by atoms with E-state index in [-0.39, 0.29) is 11.5 Å². The molecule has 0 radical (unpaired) electrons. The summed E-state index contributed by atoms with van der Waals surface area (Å²) in [5.74, 6) is -0.266. The first-order valence-electron chi connectivity index (χ1n) is 5.36. The lowest BCUT2D eigenvalue weighted by molar-refractivity contribution is -0.520. The zero-order valence-corrected chi connectivity index (χ0v) is 9.66. The van der Waals surface area contributed by atoms with Gasteiger partial charge in [-0.3, -0.25) is 10.1 Å². The second kappa shape index (κ2) is 4.37. The first-order valence-corrected chi connectivity index (χ1v) is 5.36. The number of hydrogen-bond donors (Lipinski definition) is 1. The van der Waals surface area contributed by atoms with Gasteiger partial charge in [-0.05, 0) is 6.07 Å². The molecule has 6 heteroatoms. The van der Waals surface area contributed by atoms with Gasteiger partial charge in [0.15, 0.2) is 0 Å². The van der Waals surface area contributed by atoms with Crippen molar-refractivity contribution >= 4 is 0 Å². The first-order chi connectivity index (χ1) is 8.56.